The number of carbonyl (C=O) groups excluding carboxylic acids is 1. The molecule has 1 heteroatoms. The highest BCUT2D eigenvalue weighted by Gasteiger charge is 2.38. The summed E-state index contributed by atoms with van der Waals surface area (Å²) in [6.07, 6.45) is 6.45. The Kier molecular flexibility index (Phi) is 1.11. The van der Waals surface area contributed by atoms with E-state index in [-0.39, 0.29) is 0 Å². The molecule has 0 aromatic carbocycles. The quantitative estimate of drug-likeness (QED) is 0.485. The molecular formula is C8H12O. The van der Waals surface area contributed by atoms with Gasteiger partial charge in [-0.05, 0) is 31.1 Å². The van der Waals surface area contributed by atoms with E-state index < -0.39 is 0 Å². The van der Waals surface area contributed by atoms with Gasteiger partial charge < -0.3 is 4.79 Å². The van der Waals surface area contributed by atoms with Crippen molar-refractivity contribution in [3.63, 3.8) is 0 Å². The zero-order valence-corrected chi connectivity index (χ0v) is 5.55. The molecule has 0 heterocycles. The maximum absolute atomic E-state index is 10.4. The Morgan fingerprint density at radius 2 is 2.11 bits per heavy atom. The van der Waals surface area contributed by atoms with E-state index in [2.05, 4.69) is 0 Å². The van der Waals surface area contributed by atoms with Crippen molar-refractivity contribution in [1.82, 2.24) is 0 Å². The van der Waals surface area contributed by atoms with E-state index in [1.165, 1.54) is 32.0 Å². The van der Waals surface area contributed by atoms with Gasteiger partial charge in [-0.25, -0.2) is 0 Å². The van der Waals surface area contributed by atoms with Gasteiger partial charge in [0, 0.05) is 5.92 Å². The van der Waals surface area contributed by atoms with Crippen molar-refractivity contribution < 1.29 is 4.79 Å². The smallest absolute Gasteiger partial charge is 0.123 e. The van der Waals surface area contributed by atoms with E-state index in [1.54, 1.807) is 0 Å². The second-order valence-electron chi connectivity index (χ2n) is 3.47. The summed E-state index contributed by atoms with van der Waals surface area (Å²) in [6.45, 7) is 0. The van der Waals surface area contributed by atoms with Crippen molar-refractivity contribution >= 4 is 6.29 Å². The van der Waals surface area contributed by atoms with Crippen molar-refractivity contribution in [3.8, 4) is 0 Å². The van der Waals surface area contributed by atoms with Gasteiger partial charge in [-0.15, -0.1) is 0 Å². The van der Waals surface area contributed by atoms with Crippen LogP contribution >= 0.6 is 0 Å². The normalized spacial score (nSPS) is 47.8. The molecule has 2 aliphatic carbocycles. The lowest BCUT2D eigenvalue weighted by atomic mass is 9.90. The lowest BCUT2D eigenvalue weighted by Crippen LogP contribution is -2.10. The highest BCUT2D eigenvalue weighted by atomic mass is 16.1. The summed E-state index contributed by atoms with van der Waals surface area (Å²) in [7, 11) is 0. The number of hydrogen-bond acceptors (Lipinski definition) is 1. The molecule has 2 rings (SSSR count). The van der Waals surface area contributed by atoms with E-state index in [0.29, 0.717) is 5.92 Å². The number of hydrogen-bond donors (Lipinski definition) is 0. The molecule has 0 aromatic rings. The summed E-state index contributed by atoms with van der Waals surface area (Å²) in [5, 5.41) is 0. The monoisotopic (exact) mass is 124 g/mol. The molecule has 9 heavy (non-hydrogen) atoms. The average Bonchev–Trinajstić information content (AvgIpc) is 2.45. The summed E-state index contributed by atoms with van der Waals surface area (Å²) < 4.78 is 0. The van der Waals surface area contributed by atoms with Crippen molar-refractivity contribution in [3.05, 3.63) is 0 Å². The van der Waals surface area contributed by atoms with Crippen LogP contribution in [0.4, 0.5) is 0 Å². The Morgan fingerprint density at radius 1 is 1.22 bits per heavy atom. The van der Waals surface area contributed by atoms with Crippen LogP contribution in [0.25, 0.3) is 0 Å². The molecule has 0 N–H and O–H groups in total. The van der Waals surface area contributed by atoms with Crippen LogP contribution in [0, 0.1) is 17.8 Å². The average molecular weight is 124 g/mol. The first-order valence-corrected chi connectivity index (χ1v) is 3.85. The molecule has 2 aliphatic rings. The molecule has 3 atom stereocenters. The molecule has 50 valence electrons. The summed E-state index contributed by atoms with van der Waals surface area (Å²) in [6, 6.07) is 0. The summed E-state index contributed by atoms with van der Waals surface area (Å²) in [5.41, 5.74) is 0. The van der Waals surface area contributed by atoms with E-state index in [0.717, 1.165) is 11.8 Å². The van der Waals surface area contributed by atoms with Crippen LogP contribution in [-0.2, 0) is 4.79 Å². The van der Waals surface area contributed by atoms with Crippen molar-refractivity contribution in [1.29, 1.82) is 0 Å². The van der Waals surface area contributed by atoms with Crippen molar-refractivity contribution in [2.45, 2.75) is 25.7 Å². The number of aldehydes is 1. The van der Waals surface area contributed by atoms with Crippen LogP contribution in [0.5, 0.6) is 0 Å². The Balaban J connectivity index is 2.09. The molecule has 0 aromatic heterocycles. The maximum atomic E-state index is 10.4. The summed E-state index contributed by atoms with van der Waals surface area (Å²) in [5.74, 6) is 2.15. The molecule has 0 amide bonds. The van der Waals surface area contributed by atoms with E-state index in [4.69, 9.17) is 0 Å². The highest BCUT2D eigenvalue weighted by Crippen LogP contribution is 2.47. The lowest BCUT2D eigenvalue weighted by molar-refractivity contribution is -0.112. The van der Waals surface area contributed by atoms with Crippen LogP contribution in [0.3, 0.4) is 0 Å². The Labute approximate surface area is 55.4 Å². The Morgan fingerprint density at radius 3 is 2.44 bits per heavy atom. The minimum atomic E-state index is 0.448. The van der Waals surface area contributed by atoms with Gasteiger partial charge in [0.05, 0.1) is 0 Å². The van der Waals surface area contributed by atoms with Crippen molar-refractivity contribution in [2.75, 3.05) is 0 Å². The van der Waals surface area contributed by atoms with E-state index in [9.17, 15) is 4.79 Å². The highest BCUT2D eigenvalue weighted by molar-refractivity contribution is 5.55. The first kappa shape index (κ1) is 5.45. The van der Waals surface area contributed by atoms with Crippen LogP contribution in [0.2, 0.25) is 0 Å². The minimum absolute atomic E-state index is 0.448. The molecule has 0 spiro atoms. The third-order valence-corrected chi connectivity index (χ3v) is 2.97. The van der Waals surface area contributed by atoms with E-state index in [1.807, 2.05) is 0 Å². The molecule has 2 saturated carbocycles. The van der Waals surface area contributed by atoms with E-state index >= 15 is 0 Å². The van der Waals surface area contributed by atoms with Crippen molar-refractivity contribution in [2.24, 2.45) is 17.8 Å². The zero-order chi connectivity index (χ0) is 6.27. The van der Waals surface area contributed by atoms with Gasteiger partial charge in [-0.2, -0.15) is 0 Å². The second-order valence-corrected chi connectivity index (χ2v) is 3.47. The topological polar surface area (TPSA) is 17.1 Å². The minimum Gasteiger partial charge on any atom is -0.303 e. The molecule has 2 fully saturated rings. The third kappa shape index (κ3) is 0.707. The van der Waals surface area contributed by atoms with Gasteiger partial charge in [-0.3, -0.25) is 0 Å². The van der Waals surface area contributed by atoms with Gasteiger partial charge in [0.2, 0.25) is 0 Å². The first-order chi connectivity index (χ1) is 4.40. The van der Waals surface area contributed by atoms with Gasteiger partial charge >= 0.3 is 0 Å². The van der Waals surface area contributed by atoms with Gasteiger partial charge in [0.25, 0.3) is 0 Å². The van der Waals surface area contributed by atoms with Crippen LogP contribution < -0.4 is 0 Å². The molecule has 0 saturated heterocycles. The first-order valence-electron chi connectivity index (χ1n) is 3.85. The molecule has 0 radical (unpaired) electrons. The zero-order valence-electron chi connectivity index (χ0n) is 5.55. The number of carbonyl (C=O) groups is 1. The Hall–Kier alpha value is -0.330. The summed E-state index contributed by atoms with van der Waals surface area (Å²) in [4.78, 5) is 10.4. The standard InChI is InChI=1S/C8H12O/c9-5-8-4-6-1-2-7(8)3-6/h5-8H,1-4H2/t6?,7-,8?/m1/s1. The van der Waals surface area contributed by atoms with Gasteiger partial charge in [-0.1, -0.05) is 6.42 Å². The maximum Gasteiger partial charge on any atom is 0.123 e. The SMILES string of the molecule is O=CC1CC2CC[C@@H]1C2. The molecule has 2 unspecified atom stereocenters. The molecule has 2 bridgehead atoms. The largest absolute Gasteiger partial charge is 0.303 e. The fraction of sp³-hybridized carbons (Fsp3) is 0.875. The predicted octanol–water partition coefficient (Wildman–Crippen LogP) is 1.62. The molecule has 0 aliphatic heterocycles. The van der Waals surface area contributed by atoms with Gasteiger partial charge in [0.1, 0.15) is 6.29 Å². The fourth-order valence-electron chi connectivity index (χ4n) is 2.46. The van der Waals surface area contributed by atoms with Gasteiger partial charge in [0.15, 0.2) is 0 Å². The van der Waals surface area contributed by atoms with Crippen LogP contribution in [0.15, 0.2) is 0 Å². The molecule has 1 nitrogen and oxygen atoms in total. The fourth-order valence-corrected chi connectivity index (χ4v) is 2.46. The lowest BCUT2D eigenvalue weighted by Gasteiger charge is -2.14. The number of rotatable bonds is 1. The Bertz CT molecular complexity index is 131. The predicted molar refractivity (Wildman–Crippen MR) is 35.0 cm³/mol. The second kappa shape index (κ2) is 1.83. The van der Waals surface area contributed by atoms with Crippen LogP contribution in [0.1, 0.15) is 25.7 Å². The van der Waals surface area contributed by atoms with Crippen LogP contribution in [-0.4, -0.2) is 6.29 Å². The third-order valence-electron chi connectivity index (χ3n) is 2.97. The molecular weight excluding hydrogens is 112 g/mol. The summed E-state index contributed by atoms with van der Waals surface area (Å²) >= 11 is 0. The number of fused-ring (bicyclic) bond motifs is 2.